The quantitative estimate of drug-likeness (QED) is 0.455. The fourth-order valence-electron chi connectivity index (χ4n) is 4.90. The van der Waals surface area contributed by atoms with Crippen LogP contribution in [0.4, 0.5) is 32.3 Å². The van der Waals surface area contributed by atoms with Crippen LogP contribution in [0.1, 0.15) is 18.9 Å². The highest BCUT2D eigenvalue weighted by Gasteiger charge is 2.24. The third-order valence-electron chi connectivity index (χ3n) is 6.90. The lowest BCUT2D eigenvalue weighted by Crippen LogP contribution is -2.49. The topological polar surface area (TPSA) is 85.9 Å². The molecule has 38 heavy (non-hydrogen) atoms. The Bertz CT molecular complexity index is 1200. The zero-order chi connectivity index (χ0) is 26.3. The molecular weight excluding hydrogens is 485 g/mol. The molecule has 0 aliphatic carbocycles. The lowest BCUT2D eigenvalue weighted by Gasteiger charge is -2.35. The van der Waals surface area contributed by atoms with Gasteiger partial charge in [0.15, 0.2) is 11.6 Å². The fourth-order valence-corrected chi connectivity index (χ4v) is 4.90. The van der Waals surface area contributed by atoms with Crippen LogP contribution in [-0.2, 0) is 11.3 Å². The first-order chi connectivity index (χ1) is 18.6. The smallest absolute Gasteiger partial charge is 0.409 e. The summed E-state index contributed by atoms with van der Waals surface area (Å²) in [6.45, 7) is 7.61. The summed E-state index contributed by atoms with van der Waals surface area (Å²) < 4.78 is 19.6. The van der Waals surface area contributed by atoms with E-state index in [1.807, 2.05) is 49.4 Å². The van der Waals surface area contributed by atoms with Gasteiger partial charge in [-0.2, -0.15) is 4.98 Å². The summed E-state index contributed by atoms with van der Waals surface area (Å²) in [6, 6.07) is 18.4. The van der Waals surface area contributed by atoms with Crippen molar-refractivity contribution in [1.82, 2.24) is 19.8 Å². The van der Waals surface area contributed by atoms with Crippen molar-refractivity contribution < 1.29 is 13.9 Å². The number of anilines is 4. The monoisotopic (exact) mass is 519 g/mol. The van der Waals surface area contributed by atoms with Crippen LogP contribution < -0.4 is 15.5 Å². The van der Waals surface area contributed by atoms with Gasteiger partial charge in [0.25, 0.3) is 0 Å². The normalized spacial score (nSPS) is 17.9. The van der Waals surface area contributed by atoms with E-state index in [9.17, 15) is 9.18 Å². The minimum atomic E-state index is -0.464. The van der Waals surface area contributed by atoms with Gasteiger partial charge in [0.1, 0.15) is 0 Å². The first-order valence-corrected chi connectivity index (χ1v) is 13.2. The van der Waals surface area contributed by atoms with Gasteiger partial charge in [-0.25, -0.2) is 14.2 Å². The lowest BCUT2D eigenvalue weighted by molar-refractivity contribution is 0.105. The molecule has 2 aromatic carbocycles. The summed E-state index contributed by atoms with van der Waals surface area (Å²) in [5, 5.41) is 6.45. The van der Waals surface area contributed by atoms with Crippen LogP contribution in [0, 0.1) is 5.82 Å². The van der Waals surface area contributed by atoms with Gasteiger partial charge in [-0.15, -0.1) is 0 Å². The average molecular weight is 520 g/mol. The molecule has 0 spiro atoms. The van der Waals surface area contributed by atoms with E-state index in [2.05, 4.69) is 42.5 Å². The van der Waals surface area contributed by atoms with Crippen LogP contribution in [0.15, 0.2) is 60.8 Å². The number of ether oxygens (including phenoxy) is 1. The summed E-state index contributed by atoms with van der Waals surface area (Å²) in [5.41, 5.74) is 3.16. The molecule has 10 heteroatoms. The second kappa shape index (κ2) is 12.1. The van der Waals surface area contributed by atoms with Gasteiger partial charge >= 0.3 is 6.09 Å². The number of halogens is 1. The minimum absolute atomic E-state index is 0.125. The van der Waals surface area contributed by atoms with E-state index in [1.165, 1.54) is 11.8 Å². The predicted molar refractivity (Wildman–Crippen MR) is 146 cm³/mol. The molecule has 0 bridgehead atoms. The maximum Gasteiger partial charge on any atom is 0.409 e. The van der Waals surface area contributed by atoms with Crippen molar-refractivity contribution in [3.05, 3.63) is 72.2 Å². The molecule has 2 aliphatic rings. The molecule has 0 radical (unpaired) electrons. The Labute approximate surface area is 222 Å². The second-order valence-electron chi connectivity index (χ2n) is 9.59. The number of piperazine rings is 1. The highest BCUT2D eigenvalue weighted by atomic mass is 19.1. The van der Waals surface area contributed by atoms with Gasteiger partial charge in [-0.05, 0) is 43.2 Å². The molecule has 1 atom stereocenters. The average Bonchev–Trinajstić information content (AvgIpc) is 3.38. The van der Waals surface area contributed by atoms with Crippen LogP contribution in [0.5, 0.6) is 0 Å². The molecule has 2 saturated heterocycles. The zero-order valence-electron chi connectivity index (χ0n) is 21.6. The SMILES string of the molecule is CCOC(=O)N1CCN(c2ccc(Nc3ncc(F)c(N[C@H]4CCN(Cc5ccccc5)C4)n3)cc2)CC1. The number of hydrogen-bond donors (Lipinski definition) is 2. The van der Waals surface area contributed by atoms with E-state index >= 15 is 0 Å². The molecule has 1 aromatic heterocycles. The lowest BCUT2D eigenvalue weighted by atomic mass is 10.2. The Balaban J connectivity index is 1.14. The summed E-state index contributed by atoms with van der Waals surface area (Å²) >= 11 is 0. The maximum atomic E-state index is 14.5. The molecule has 3 heterocycles. The van der Waals surface area contributed by atoms with Gasteiger partial charge in [-0.3, -0.25) is 4.90 Å². The van der Waals surface area contributed by atoms with Gasteiger partial charge in [0, 0.05) is 63.2 Å². The number of amides is 1. The predicted octanol–water partition coefficient (Wildman–Crippen LogP) is 4.32. The van der Waals surface area contributed by atoms with E-state index in [-0.39, 0.29) is 18.0 Å². The van der Waals surface area contributed by atoms with Crippen LogP contribution in [0.25, 0.3) is 0 Å². The summed E-state index contributed by atoms with van der Waals surface area (Å²) in [6.07, 6.45) is 1.87. The first-order valence-electron chi connectivity index (χ1n) is 13.2. The van der Waals surface area contributed by atoms with Crippen LogP contribution >= 0.6 is 0 Å². The second-order valence-corrected chi connectivity index (χ2v) is 9.59. The van der Waals surface area contributed by atoms with Gasteiger partial charge in [-0.1, -0.05) is 30.3 Å². The van der Waals surface area contributed by atoms with Crippen molar-refractivity contribution >= 4 is 29.2 Å². The molecule has 3 aromatic rings. The van der Waals surface area contributed by atoms with E-state index in [1.54, 1.807) is 4.90 Å². The third-order valence-corrected chi connectivity index (χ3v) is 6.90. The third kappa shape index (κ3) is 6.49. The number of carbonyl (C=O) groups excluding carboxylic acids is 1. The summed E-state index contributed by atoms with van der Waals surface area (Å²) in [5.74, 6) is 0.0864. The number of carbonyl (C=O) groups is 1. The molecule has 2 fully saturated rings. The number of rotatable bonds is 8. The minimum Gasteiger partial charge on any atom is -0.450 e. The Hall–Kier alpha value is -3.92. The first kappa shape index (κ1) is 25.7. The Kier molecular flexibility index (Phi) is 8.18. The molecular formula is C28H34FN7O2. The number of benzene rings is 2. The van der Waals surface area contributed by atoms with Crippen LogP contribution in [-0.4, -0.2) is 77.8 Å². The molecule has 5 rings (SSSR count). The molecule has 0 saturated carbocycles. The summed E-state index contributed by atoms with van der Waals surface area (Å²) in [7, 11) is 0. The van der Waals surface area contributed by atoms with Gasteiger partial charge in [0.2, 0.25) is 5.95 Å². The number of likely N-dealkylation sites (tertiary alicyclic amines) is 1. The number of hydrogen-bond acceptors (Lipinski definition) is 8. The van der Waals surface area contributed by atoms with E-state index < -0.39 is 5.82 Å². The Morgan fingerprint density at radius 2 is 1.82 bits per heavy atom. The number of aromatic nitrogens is 2. The van der Waals surface area contributed by atoms with Crippen molar-refractivity contribution in [2.24, 2.45) is 0 Å². The van der Waals surface area contributed by atoms with Gasteiger partial charge in [0.05, 0.1) is 12.8 Å². The van der Waals surface area contributed by atoms with Gasteiger partial charge < -0.3 is 25.2 Å². The van der Waals surface area contributed by atoms with Crippen molar-refractivity contribution in [2.45, 2.75) is 25.9 Å². The van der Waals surface area contributed by atoms with Crippen molar-refractivity contribution in [2.75, 3.05) is 61.4 Å². The highest BCUT2D eigenvalue weighted by molar-refractivity contribution is 5.68. The zero-order valence-corrected chi connectivity index (χ0v) is 21.6. The van der Waals surface area contributed by atoms with Crippen LogP contribution in [0.3, 0.4) is 0 Å². The highest BCUT2D eigenvalue weighted by Crippen LogP contribution is 2.23. The van der Waals surface area contributed by atoms with Crippen molar-refractivity contribution in [3.8, 4) is 0 Å². The van der Waals surface area contributed by atoms with Crippen molar-refractivity contribution in [1.29, 1.82) is 0 Å². The molecule has 200 valence electrons. The number of nitrogens with one attached hydrogen (secondary N) is 2. The van der Waals surface area contributed by atoms with E-state index in [0.717, 1.165) is 50.5 Å². The molecule has 2 N–H and O–H groups in total. The summed E-state index contributed by atoms with van der Waals surface area (Å²) in [4.78, 5) is 26.8. The van der Waals surface area contributed by atoms with E-state index in [4.69, 9.17) is 4.74 Å². The Morgan fingerprint density at radius 3 is 2.55 bits per heavy atom. The van der Waals surface area contributed by atoms with Crippen LogP contribution in [0.2, 0.25) is 0 Å². The molecule has 0 unspecified atom stereocenters. The Morgan fingerprint density at radius 1 is 1.05 bits per heavy atom. The number of nitrogens with zero attached hydrogens (tertiary/aromatic N) is 5. The fraction of sp³-hybridized carbons (Fsp3) is 0.393. The van der Waals surface area contributed by atoms with E-state index in [0.29, 0.717) is 25.6 Å². The molecule has 1 amide bonds. The largest absolute Gasteiger partial charge is 0.450 e. The molecule has 2 aliphatic heterocycles. The van der Waals surface area contributed by atoms with Crippen molar-refractivity contribution in [3.63, 3.8) is 0 Å². The maximum absolute atomic E-state index is 14.5. The molecule has 9 nitrogen and oxygen atoms in total. The standard InChI is InChI=1S/C28H34FN7O2/c1-2-38-28(37)36-16-14-35(15-17-36)24-10-8-22(9-11-24)32-27-30-18-25(29)26(33-27)31-23-12-13-34(20-23)19-21-6-4-3-5-7-21/h3-11,18,23H,2,12-17,19-20H2,1H3,(H2,30,31,32,33)/t23-/m0/s1.